The first kappa shape index (κ1) is 12.8. The second kappa shape index (κ2) is 5.41. The van der Waals surface area contributed by atoms with Gasteiger partial charge in [-0.1, -0.05) is 27.7 Å². The lowest BCUT2D eigenvalue weighted by atomic mass is 9.97. The van der Waals surface area contributed by atoms with Gasteiger partial charge >= 0.3 is 0 Å². The minimum absolute atomic E-state index is 0.427. The molecule has 2 aliphatic heterocycles. The largest absolute Gasteiger partial charge is 0.364 e. The second-order valence-electron chi connectivity index (χ2n) is 4.90. The lowest BCUT2D eigenvalue weighted by Crippen LogP contribution is -2.38. The molecule has 2 aliphatic rings. The number of thioether (sulfide) groups is 1. The van der Waals surface area contributed by atoms with Crippen LogP contribution < -0.4 is 10.2 Å². The van der Waals surface area contributed by atoms with Gasteiger partial charge in [-0.25, -0.2) is 0 Å². The van der Waals surface area contributed by atoms with Gasteiger partial charge in [0.05, 0.1) is 5.69 Å². The molecule has 18 heavy (non-hydrogen) atoms. The fourth-order valence-electron chi connectivity index (χ4n) is 2.65. The molecule has 0 saturated carbocycles. The van der Waals surface area contributed by atoms with E-state index >= 15 is 0 Å². The van der Waals surface area contributed by atoms with Crippen LogP contribution in [-0.2, 0) is 0 Å². The Bertz CT molecular complexity index is 437. The van der Waals surface area contributed by atoms with Crippen molar-refractivity contribution in [3.05, 3.63) is 22.7 Å². The Kier molecular flexibility index (Phi) is 3.84. The van der Waals surface area contributed by atoms with Gasteiger partial charge in [-0.3, -0.25) is 0 Å². The van der Waals surface area contributed by atoms with E-state index in [9.17, 15) is 5.11 Å². The van der Waals surface area contributed by atoms with E-state index in [1.54, 1.807) is 0 Å². The van der Waals surface area contributed by atoms with Crippen molar-refractivity contribution >= 4 is 33.4 Å². The fourth-order valence-corrected chi connectivity index (χ4v) is 4.21. The van der Waals surface area contributed by atoms with Crippen LogP contribution in [0.4, 0.5) is 5.69 Å². The maximum Gasteiger partial charge on any atom is 0.180 e. The van der Waals surface area contributed by atoms with Crippen LogP contribution in [0.3, 0.4) is 0 Å². The number of benzene rings is 1. The van der Waals surface area contributed by atoms with E-state index < -0.39 is 5.56 Å². The Hall–Kier alpha value is -0.230. The van der Waals surface area contributed by atoms with Crippen molar-refractivity contribution in [3.63, 3.8) is 0 Å². The molecule has 0 radical (unpaired) electrons. The number of hydrogen-bond donors (Lipinski definition) is 2. The zero-order chi connectivity index (χ0) is 12.5. The van der Waals surface area contributed by atoms with E-state index in [-0.39, 0.29) is 0 Å². The Labute approximate surface area is 120 Å². The van der Waals surface area contributed by atoms with Gasteiger partial charge < -0.3 is 15.3 Å². The number of hydrogen-bond acceptors (Lipinski definition) is 4. The van der Waals surface area contributed by atoms with Gasteiger partial charge in [-0.15, -0.1) is 0 Å². The molecular formula is C13H17BrN2OS. The third-order valence-electron chi connectivity index (χ3n) is 3.64. The van der Waals surface area contributed by atoms with E-state index in [1.807, 2.05) is 6.07 Å². The average molecular weight is 329 g/mol. The van der Waals surface area contributed by atoms with Gasteiger partial charge in [0.15, 0.2) is 5.56 Å². The van der Waals surface area contributed by atoms with Crippen molar-refractivity contribution in [3.8, 4) is 0 Å². The minimum atomic E-state index is -0.427. The smallest absolute Gasteiger partial charge is 0.180 e. The summed E-state index contributed by atoms with van der Waals surface area (Å²) in [5.41, 5.74) is 0.749. The Morgan fingerprint density at radius 2 is 2.17 bits per heavy atom. The molecule has 5 heteroatoms. The summed E-state index contributed by atoms with van der Waals surface area (Å²) in [6, 6.07) is 6.24. The summed E-state index contributed by atoms with van der Waals surface area (Å²) >= 11 is 5.02. The predicted octanol–water partition coefficient (Wildman–Crippen LogP) is 2.64. The molecule has 1 fully saturated rings. The molecule has 3 nitrogen and oxygen atoms in total. The first-order valence-electron chi connectivity index (χ1n) is 6.35. The molecule has 1 aromatic carbocycles. The quantitative estimate of drug-likeness (QED) is 0.874. The topological polar surface area (TPSA) is 35.5 Å². The Balaban J connectivity index is 1.76. The molecule has 0 aromatic heterocycles. The van der Waals surface area contributed by atoms with E-state index in [0.717, 1.165) is 24.1 Å². The number of piperidine rings is 1. The van der Waals surface area contributed by atoms with E-state index in [4.69, 9.17) is 0 Å². The van der Waals surface area contributed by atoms with Gasteiger partial charge in [0.2, 0.25) is 0 Å². The summed E-state index contributed by atoms with van der Waals surface area (Å²) in [7, 11) is 0. The van der Waals surface area contributed by atoms with Crippen molar-refractivity contribution in [2.75, 3.05) is 24.5 Å². The summed E-state index contributed by atoms with van der Waals surface area (Å²) in [4.78, 5) is 3.31. The first-order chi connectivity index (χ1) is 8.74. The van der Waals surface area contributed by atoms with Crippen molar-refractivity contribution in [2.45, 2.75) is 23.3 Å². The number of rotatable bonds is 2. The van der Waals surface area contributed by atoms with Crippen LogP contribution in [0, 0.1) is 5.92 Å². The Morgan fingerprint density at radius 3 is 2.94 bits per heavy atom. The van der Waals surface area contributed by atoms with Gasteiger partial charge in [0.25, 0.3) is 0 Å². The number of aliphatic hydroxyl groups is 1. The first-order valence-corrected chi connectivity index (χ1v) is 8.03. The number of aliphatic hydroxyl groups excluding tert-OH is 1. The lowest BCUT2D eigenvalue weighted by molar-refractivity contribution is 0.244. The highest BCUT2D eigenvalue weighted by Gasteiger charge is 2.30. The third-order valence-corrected chi connectivity index (χ3v) is 5.18. The molecule has 1 unspecified atom stereocenters. The molecule has 0 aliphatic carbocycles. The number of halogens is 1. The van der Waals surface area contributed by atoms with Crippen LogP contribution in [-0.4, -0.2) is 30.3 Å². The van der Waals surface area contributed by atoms with E-state index in [1.165, 1.54) is 35.2 Å². The van der Waals surface area contributed by atoms with Crippen LogP contribution >= 0.6 is 27.7 Å². The van der Waals surface area contributed by atoms with Crippen LogP contribution in [0.15, 0.2) is 27.6 Å². The molecule has 2 N–H and O–H groups in total. The molecule has 1 saturated heterocycles. The van der Waals surface area contributed by atoms with E-state index in [2.05, 4.69) is 38.3 Å². The molecule has 98 valence electrons. The molecule has 3 rings (SSSR count). The summed E-state index contributed by atoms with van der Waals surface area (Å²) < 4.78 is 1.07. The third kappa shape index (κ3) is 2.54. The Morgan fingerprint density at radius 1 is 1.39 bits per heavy atom. The highest BCUT2D eigenvalue weighted by atomic mass is 79.9. The normalized spacial score (nSPS) is 24.3. The SMILES string of the molecule is OC1Sc2cc(Br)ccc2N1CC1CCNCC1. The van der Waals surface area contributed by atoms with Crippen molar-refractivity contribution in [2.24, 2.45) is 5.92 Å². The molecule has 0 bridgehead atoms. The van der Waals surface area contributed by atoms with Crippen molar-refractivity contribution in [1.82, 2.24) is 5.32 Å². The summed E-state index contributed by atoms with van der Waals surface area (Å²) in [5.74, 6) is 0.691. The molecular weight excluding hydrogens is 312 g/mol. The summed E-state index contributed by atoms with van der Waals surface area (Å²) in [5, 5.41) is 13.6. The highest BCUT2D eigenvalue weighted by Crippen LogP contribution is 2.44. The number of fused-ring (bicyclic) bond motifs is 1. The van der Waals surface area contributed by atoms with Gasteiger partial charge in [0, 0.05) is 15.9 Å². The monoisotopic (exact) mass is 328 g/mol. The number of anilines is 1. The zero-order valence-corrected chi connectivity index (χ0v) is 12.5. The maximum absolute atomic E-state index is 10.2. The zero-order valence-electron chi connectivity index (χ0n) is 10.1. The van der Waals surface area contributed by atoms with Gasteiger partial charge in [-0.05, 0) is 50.0 Å². The summed E-state index contributed by atoms with van der Waals surface area (Å²) in [6.07, 6.45) is 2.42. The summed E-state index contributed by atoms with van der Waals surface area (Å²) in [6.45, 7) is 3.17. The van der Waals surface area contributed by atoms with Crippen LogP contribution in [0.25, 0.3) is 0 Å². The molecule has 1 aromatic rings. The van der Waals surface area contributed by atoms with Crippen LogP contribution in [0.1, 0.15) is 12.8 Å². The minimum Gasteiger partial charge on any atom is -0.364 e. The fraction of sp³-hybridized carbons (Fsp3) is 0.538. The lowest BCUT2D eigenvalue weighted by Gasteiger charge is -2.30. The average Bonchev–Trinajstić information content (AvgIpc) is 2.66. The molecule has 2 heterocycles. The van der Waals surface area contributed by atoms with E-state index in [0.29, 0.717) is 5.92 Å². The van der Waals surface area contributed by atoms with Gasteiger partial charge in [-0.2, -0.15) is 0 Å². The van der Waals surface area contributed by atoms with Crippen LogP contribution in [0.5, 0.6) is 0 Å². The maximum atomic E-state index is 10.2. The molecule has 0 amide bonds. The molecule has 0 spiro atoms. The number of nitrogens with one attached hydrogen (secondary N) is 1. The number of nitrogens with zero attached hydrogens (tertiary/aromatic N) is 1. The van der Waals surface area contributed by atoms with Crippen LogP contribution in [0.2, 0.25) is 0 Å². The predicted molar refractivity (Wildman–Crippen MR) is 78.9 cm³/mol. The molecule has 1 atom stereocenters. The van der Waals surface area contributed by atoms with Crippen molar-refractivity contribution < 1.29 is 5.11 Å². The highest BCUT2D eigenvalue weighted by molar-refractivity contribution is 9.10. The second-order valence-corrected chi connectivity index (χ2v) is 6.91. The standard InChI is InChI=1S/C13H17BrN2OS/c14-10-1-2-11-12(7-10)18-13(17)16(11)8-9-3-5-15-6-4-9/h1-2,7,9,13,15,17H,3-6,8H2. The van der Waals surface area contributed by atoms with Crippen molar-refractivity contribution in [1.29, 1.82) is 0 Å². The van der Waals surface area contributed by atoms with Gasteiger partial charge in [0.1, 0.15) is 0 Å².